The summed E-state index contributed by atoms with van der Waals surface area (Å²) < 4.78 is 31.7. The number of nitrogens with zero attached hydrogens (tertiary/aromatic N) is 2. The predicted molar refractivity (Wildman–Crippen MR) is 88.5 cm³/mol. The lowest BCUT2D eigenvalue weighted by atomic mass is 10.1. The third-order valence-corrected chi connectivity index (χ3v) is 3.22. The summed E-state index contributed by atoms with van der Waals surface area (Å²) in [6.07, 6.45) is 5.02. The van der Waals surface area contributed by atoms with E-state index in [9.17, 15) is 8.78 Å². The van der Waals surface area contributed by atoms with Crippen molar-refractivity contribution in [1.82, 2.24) is 0 Å². The Morgan fingerprint density at radius 2 is 1.52 bits per heavy atom. The highest BCUT2D eigenvalue weighted by Gasteiger charge is 2.10. The van der Waals surface area contributed by atoms with Crippen LogP contribution >= 0.6 is 0 Å². The summed E-state index contributed by atoms with van der Waals surface area (Å²) in [5, 5.41) is 7.69. The molecular formula is C18H18F2N2O. The molecule has 0 unspecified atom stereocenters. The second-order valence-electron chi connectivity index (χ2n) is 5.00. The summed E-state index contributed by atoms with van der Waals surface area (Å²) in [7, 11) is 1.21. The van der Waals surface area contributed by atoms with Gasteiger partial charge >= 0.3 is 0 Å². The monoisotopic (exact) mass is 316 g/mol. The van der Waals surface area contributed by atoms with Gasteiger partial charge in [-0.05, 0) is 29.7 Å². The Morgan fingerprint density at radius 3 is 2.04 bits per heavy atom. The molecule has 0 saturated carbocycles. The molecule has 0 radical (unpaired) electrons. The molecule has 0 heterocycles. The van der Waals surface area contributed by atoms with E-state index in [0.717, 1.165) is 30.5 Å². The van der Waals surface area contributed by atoms with Crippen LogP contribution in [0, 0.1) is 11.6 Å². The smallest absolute Gasteiger partial charge is 0.190 e. The maximum absolute atomic E-state index is 13.5. The van der Waals surface area contributed by atoms with Crippen LogP contribution in [0.1, 0.15) is 30.0 Å². The number of ether oxygens (including phenoxy) is 1. The minimum Gasteiger partial charge on any atom is -0.491 e. The lowest BCUT2D eigenvalue weighted by molar-refractivity contribution is 0.360. The molecule has 0 atom stereocenters. The molecule has 2 aromatic carbocycles. The molecule has 23 heavy (non-hydrogen) atoms. The fraction of sp³-hybridized carbons (Fsp3) is 0.222. The summed E-state index contributed by atoms with van der Waals surface area (Å²) in [5.74, 6) is -1.95. The molecule has 0 amide bonds. The summed E-state index contributed by atoms with van der Waals surface area (Å²) in [5.41, 5.74) is 2.46. The average Bonchev–Trinajstić information content (AvgIpc) is 2.53. The summed E-state index contributed by atoms with van der Waals surface area (Å²) >= 11 is 0. The number of halogens is 2. The van der Waals surface area contributed by atoms with E-state index in [4.69, 9.17) is 0 Å². The largest absolute Gasteiger partial charge is 0.491 e. The normalized spacial score (nSPS) is 11.5. The van der Waals surface area contributed by atoms with Gasteiger partial charge in [0.2, 0.25) is 0 Å². The van der Waals surface area contributed by atoms with Crippen LogP contribution in [0.4, 0.5) is 8.78 Å². The van der Waals surface area contributed by atoms with Gasteiger partial charge in [-0.2, -0.15) is 10.2 Å². The van der Waals surface area contributed by atoms with Gasteiger partial charge in [0.1, 0.15) is 0 Å². The van der Waals surface area contributed by atoms with E-state index in [1.54, 1.807) is 6.21 Å². The molecule has 5 heteroatoms. The van der Waals surface area contributed by atoms with Crippen LogP contribution in [0.5, 0.6) is 5.75 Å². The van der Waals surface area contributed by atoms with Gasteiger partial charge in [-0.15, -0.1) is 0 Å². The first-order valence-electron chi connectivity index (χ1n) is 7.32. The summed E-state index contributed by atoms with van der Waals surface area (Å²) in [6, 6.07) is 10.3. The molecule has 0 saturated heterocycles. The number of hydrogen-bond donors (Lipinski definition) is 0. The molecular weight excluding hydrogens is 298 g/mol. The fourth-order valence-corrected chi connectivity index (χ4v) is 2.11. The first-order chi connectivity index (χ1) is 11.1. The van der Waals surface area contributed by atoms with Gasteiger partial charge in [0.15, 0.2) is 17.4 Å². The van der Waals surface area contributed by atoms with Crippen molar-refractivity contribution >= 4 is 12.4 Å². The van der Waals surface area contributed by atoms with Crippen LogP contribution in [0.15, 0.2) is 46.6 Å². The molecule has 0 aromatic heterocycles. The number of rotatable bonds is 6. The molecule has 0 aliphatic carbocycles. The molecule has 2 rings (SSSR count). The second kappa shape index (κ2) is 8.17. The van der Waals surface area contributed by atoms with Gasteiger partial charge in [0.25, 0.3) is 0 Å². The fourth-order valence-electron chi connectivity index (χ4n) is 2.11. The van der Waals surface area contributed by atoms with E-state index >= 15 is 0 Å². The highest BCUT2D eigenvalue weighted by Crippen LogP contribution is 2.21. The van der Waals surface area contributed by atoms with Crippen molar-refractivity contribution in [3.05, 3.63) is 64.7 Å². The van der Waals surface area contributed by atoms with Crippen molar-refractivity contribution in [3.8, 4) is 5.75 Å². The second-order valence-corrected chi connectivity index (χ2v) is 5.00. The molecule has 0 bridgehead atoms. The Hall–Kier alpha value is -2.56. The highest BCUT2D eigenvalue weighted by atomic mass is 19.1. The lowest BCUT2D eigenvalue weighted by Crippen LogP contribution is -1.95. The number of aryl methyl sites for hydroxylation is 1. The van der Waals surface area contributed by atoms with Gasteiger partial charge in [-0.25, -0.2) is 8.78 Å². The molecule has 120 valence electrons. The number of methoxy groups -OCH3 is 1. The molecule has 0 fully saturated rings. The minimum absolute atomic E-state index is 0.274. The van der Waals surface area contributed by atoms with Crippen molar-refractivity contribution in [3.63, 3.8) is 0 Å². The van der Waals surface area contributed by atoms with Crippen LogP contribution in [0.3, 0.4) is 0 Å². The topological polar surface area (TPSA) is 34.0 Å². The van der Waals surface area contributed by atoms with E-state index in [0.29, 0.717) is 0 Å². The minimum atomic E-state index is -0.774. The summed E-state index contributed by atoms with van der Waals surface area (Å²) in [4.78, 5) is 0. The summed E-state index contributed by atoms with van der Waals surface area (Å²) in [6.45, 7) is 2.13. The van der Waals surface area contributed by atoms with Gasteiger partial charge in [0.05, 0.1) is 19.5 Å². The van der Waals surface area contributed by atoms with Gasteiger partial charge in [-0.3, -0.25) is 0 Å². The zero-order valence-electron chi connectivity index (χ0n) is 13.1. The highest BCUT2D eigenvalue weighted by molar-refractivity contribution is 5.82. The SMILES string of the molecule is CCCc1ccc(C=NN=Cc2cc(F)c(OC)c(F)c2)cc1. The Labute approximate surface area is 134 Å². The third-order valence-electron chi connectivity index (χ3n) is 3.22. The van der Waals surface area contributed by atoms with Crippen molar-refractivity contribution in [2.24, 2.45) is 10.2 Å². The van der Waals surface area contributed by atoms with Crippen LogP contribution in [-0.4, -0.2) is 19.5 Å². The maximum Gasteiger partial charge on any atom is 0.190 e. The zero-order valence-corrected chi connectivity index (χ0v) is 13.1. The Morgan fingerprint density at radius 1 is 0.957 bits per heavy atom. The molecule has 0 spiro atoms. The van der Waals surface area contributed by atoms with Gasteiger partial charge in [-0.1, -0.05) is 37.6 Å². The van der Waals surface area contributed by atoms with Crippen LogP contribution < -0.4 is 4.74 Å². The zero-order chi connectivity index (χ0) is 16.7. The van der Waals surface area contributed by atoms with E-state index < -0.39 is 17.4 Å². The number of benzene rings is 2. The van der Waals surface area contributed by atoms with Crippen LogP contribution in [0.2, 0.25) is 0 Å². The third kappa shape index (κ3) is 4.71. The van der Waals surface area contributed by atoms with Crippen molar-refractivity contribution < 1.29 is 13.5 Å². The van der Waals surface area contributed by atoms with E-state index in [1.165, 1.54) is 18.9 Å². The first kappa shape index (κ1) is 16.8. The molecule has 3 nitrogen and oxygen atoms in total. The average molecular weight is 316 g/mol. The van der Waals surface area contributed by atoms with Crippen LogP contribution in [-0.2, 0) is 6.42 Å². The Kier molecular flexibility index (Phi) is 5.97. The quantitative estimate of drug-likeness (QED) is 0.575. The predicted octanol–water partition coefficient (Wildman–Crippen LogP) is 4.38. The molecule has 0 aliphatic rings. The standard InChI is InChI=1S/C18H18F2N2O/c1-3-4-13-5-7-14(8-6-13)11-21-22-12-15-9-16(19)18(23-2)17(20)10-15/h5-12H,3-4H2,1-2H3. The van der Waals surface area contributed by atoms with Crippen molar-refractivity contribution in [2.45, 2.75) is 19.8 Å². The van der Waals surface area contributed by atoms with E-state index in [-0.39, 0.29) is 5.56 Å². The van der Waals surface area contributed by atoms with E-state index in [1.807, 2.05) is 24.3 Å². The van der Waals surface area contributed by atoms with Crippen molar-refractivity contribution in [1.29, 1.82) is 0 Å². The lowest BCUT2D eigenvalue weighted by Gasteiger charge is -2.03. The van der Waals surface area contributed by atoms with Gasteiger partial charge < -0.3 is 4.74 Å². The van der Waals surface area contributed by atoms with E-state index in [2.05, 4.69) is 21.9 Å². The molecule has 0 aliphatic heterocycles. The Bertz CT molecular complexity index is 686. The molecule has 2 aromatic rings. The maximum atomic E-state index is 13.5. The van der Waals surface area contributed by atoms with Crippen LogP contribution in [0.25, 0.3) is 0 Å². The first-order valence-corrected chi connectivity index (χ1v) is 7.32. The Balaban J connectivity index is 2.03. The van der Waals surface area contributed by atoms with Crippen molar-refractivity contribution in [2.75, 3.05) is 7.11 Å². The molecule has 0 N–H and O–H groups in total. The number of hydrogen-bond acceptors (Lipinski definition) is 3. The van der Waals surface area contributed by atoms with Gasteiger partial charge in [0, 0.05) is 5.56 Å².